The van der Waals surface area contributed by atoms with Crippen LogP contribution in [0.3, 0.4) is 0 Å². The molecular weight excluding hydrogens is 648 g/mol. The van der Waals surface area contributed by atoms with Crippen molar-refractivity contribution >= 4 is 42.1 Å². The van der Waals surface area contributed by atoms with Crippen molar-refractivity contribution in [1.82, 2.24) is 15.5 Å². The number of carbonyl (C=O) groups is 5. The molecule has 3 aromatic rings. The molecule has 262 valence electrons. The molecule has 0 unspecified atom stereocenters. The molecule has 1 heterocycles. The molecule has 1 aliphatic rings. The van der Waals surface area contributed by atoms with Crippen LogP contribution in [0.1, 0.15) is 60.0 Å². The van der Waals surface area contributed by atoms with E-state index in [9.17, 15) is 29.1 Å². The van der Waals surface area contributed by atoms with Gasteiger partial charge in [-0.1, -0.05) is 78.9 Å². The second-order valence-corrected chi connectivity index (χ2v) is 12.0. The van der Waals surface area contributed by atoms with E-state index in [1.54, 1.807) is 24.3 Å². The van der Waals surface area contributed by atoms with E-state index >= 15 is 0 Å². The molecule has 1 aliphatic heterocycles. The van der Waals surface area contributed by atoms with Crippen LogP contribution < -0.4 is 16.4 Å². The summed E-state index contributed by atoms with van der Waals surface area (Å²) in [5.74, 6) is -3.08. The van der Waals surface area contributed by atoms with Gasteiger partial charge in [0, 0.05) is 19.4 Å². The molecule has 12 heteroatoms. The second kappa shape index (κ2) is 19.9. The third-order valence-corrected chi connectivity index (χ3v) is 8.37. The van der Waals surface area contributed by atoms with Gasteiger partial charge in [-0.2, -0.15) is 0 Å². The van der Waals surface area contributed by atoms with Gasteiger partial charge < -0.3 is 31.1 Å². The molecule has 0 bridgehead atoms. The Morgan fingerprint density at radius 2 is 1.33 bits per heavy atom. The summed E-state index contributed by atoms with van der Waals surface area (Å²) >= 11 is 0. The fraction of sp³-hybridized carbons (Fsp3) is 0.378. The van der Waals surface area contributed by atoms with Gasteiger partial charge in [0.1, 0.15) is 18.1 Å². The van der Waals surface area contributed by atoms with Crippen LogP contribution in [0, 0.1) is 0 Å². The molecule has 1 fully saturated rings. The fourth-order valence-corrected chi connectivity index (χ4v) is 5.73. The molecule has 0 aliphatic carbocycles. The molecule has 1 saturated heterocycles. The summed E-state index contributed by atoms with van der Waals surface area (Å²) in [5, 5.41) is 15.4. The zero-order valence-corrected chi connectivity index (χ0v) is 28.2. The number of amides is 3. The average molecular weight is 693 g/mol. The number of hydrogen-bond acceptors (Lipinski definition) is 7. The van der Waals surface area contributed by atoms with E-state index < -0.39 is 53.8 Å². The first kappa shape index (κ1) is 38.7. The maximum atomic E-state index is 13.9. The number of carbonyl (C=O) groups excluding carboxylic acids is 4. The third-order valence-electron chi connectivity index (χ3n) is 8.37. The number of halogens is 1. The van der Waals surface area contributed by atoms with Crippen LogP contribution in [0.25, 0.3) is 0 Å². The SMILES string of the molecule is Cl.N[C@@H](CCCCOC(=O)c1ccccc1)C(=O)N[C@@H](Cc1ccccc1)C(=O)N[C@@H](Cc1ccccc1)C(=O)N1CCCC[C@@H]1C(=O)O. The van der Waals surface area contributed by atoms with Crippen LogP contribution in [0.15, 0.2) is 91.0 Å². The topological polar surface area (TPSA) is 168 Å². The van der Waals surface area contributed by atoms with Crippen LogP contribution in [-0.2, 0) is 36.8 Å². The first-order valence-corrected chi connectivity index (χ1v) is 16.4. The lowest BCUT2D eigenvalue weighted by molar-refractivity contribution is -0.153. The zero-order valence-electron chi connectivity index (χ0n) is 27.4. The molecule has 0 radical (unpaired) electrons. The van der Waals surface area contributed by atoms with Crippen molar-refractivity contribution in [2.75, 3.05) is 13.2 Å². The number of nitrogens with one attached hydrogen (secondary N) is 2. The van der Waals surface area contributed by atoms with Crippen molar-refractivity contribution in [2.24, 2.45) is 5.73 Å². The molecule has 3 amide bonds. The van der Waals surface area contributed by atoms with Crippen molar-refractivity contribution < 1.29 is 33.8 Å². The fourth-order valence-electron chi connectivity index (χ4n) is 5.73. The van der Waals surface area contributed by atoms with Gasteiger partial charge >= 0.3 is 11.9 Å². The van der Waals surface area contributed by atoms with Gasteiger partial charge in [-0.05, 0) is 61.8 Å². The third kappa shape index (κ3) is 12.0. The number of nitrogens with zero attached hydrogens (tertiary/aromatic N) is 1. The highest BCUT2D eigenvalue weighted by atomic mass is 35.5. The van der Waals surface area contributed by atoms with Crippen LogP contribution in [-0.4, -0.2) is 77.0 Å². The van der Waals surface area contributed by atoms with Crippen molar-refractivity contribution in [3.8, 4) is 0 Å². The molecule has 0 saturated carbocycles. The number of ether oxygens (including phenoxy) is 1. The molecular formula is C37H45ClN4O7. The van der Waals surface area contributed by atoms with Crippen molar-refractivity contribution in [3.63, 3.8) is 0 Å². The minimum Gasteiger partial charge on any atom is -0.480 e. The Hall–Kier alpha value is -4.74. The number of nitrogens with two attached hydrogens (primary N) is 1. The Labute approximate surface area is 293 Å². The quantitative estimate of drug-likeness (QED) is 0.130. The summed E-state index contributed by atoms with van der Waals surface area (Å²) in [6.45, 7) is 0.457. The van der Waals surface area contributed by atoms with Gasteiger partial charge in [-0.15, -0.1) is 12.4 Å². The van der Waals surface area contributed by atoms with Crippen LogP contribution in [0.2, 0.25) is 0 Å². The van der Waals surface area contributed by atoms with Crippen molar-refractivity contribution in [1.29, 1.82) is 0 Å². The molecule has 5 N–H and O–H groups in total. The van der Waals surface area contributed by atoms with E-state index in [0.717, 1.165) is 11.1 Å². The number of likely N-dealkylation sites (tertiary alicyclic amines) is 1. The van der Waals surface area contributed by atoms with Crippen LogP contribution >= 0.6 is 12.4 Å². The first-order valence-electron chi connectivity index (χ1n) is 16.4. The molecule has 3 aromatic carbocycles. The number of unbranched alkanes of at least 4 members (excludes halogenated alkanes) is 1. The molecule has 0 aromatic heterocycles. The number of hydrogen-bond donors (Lipinski definition) is 4. The maximum absolute atomic E-state index is 13.9. The van der Waals surface area contributed by atoms with Crippen LogP contribution in [0.4, 0.5) is 0 Å². The molecule has 0 spiro atoms. The first-order chi connectivity index (χ1) is 23.2. The summed E-state index contributed by atoms with van der Waals surface area (Å²) in [6, 6.07) is 23.0. The Bertz CT molecular complexity index is 1510. The minimum absolute atomic E-state index is 0. The summed E-state index contributed by atoms with van der Waals surface area (Å²) in [6.07, 6.45) is 3.32. The normalized spacial score (nSPS) is 15.9. The lowest BCUT2D eigenvalue weighted by Gasteiger charge is -2.36. The van der Waals surface area contributed by atoms with Gasteiger partial charge in [0.25, 0.3) is 0 Å². The summed E-state index contributed by atoms with van der Waals surface area (Å²) in [7, 11) is 0. The Balaban J connectivity index is 0.00000650. The summed E-state index contributed by atoms with van der Waals surface area (Å²) in [4.78, 5) is 66.5. The number of piperidine rings is 1. The predicted octanol–water partition coefficient (Wildman–Crippen LogP) is 3.68. The summed E-state index contributed by atoms with van der Waals surface area (Å²) in [5.41, 5.74) is 8.26. The maximum Gasteiger partial charge on any atom is 0.338 e. The number of rotatable bonds is 16. The van der Waals surface area contributed by atoms with Gasteiger partial charge in [-0.3, -0.25) is 14.4 Å². The van der Waals surface area contributed by atoms with Gasteiger partial charge in [-0.25, -0.2) is 9.59 Å². The number of esters is 1. The van der Waals surface area contributed by atoms with Gasteiger partial charge in [0.15, 0.2) is 0 Å². The summed E-state index contributed by atoms with van der Waals surface area (Å²) < 4.78 is 5.30. The number of benzene rings is 3. The lowest BCUT2D eigenvalue weighted by atomic mass is 9.98. The minimum atomic E-state index is -1.08. The lowest BCUT2D eigenvalue weighted by Crippen LogP contribution is -2.59. The molecule has 4 atom stereocenters. The van der Waals surface area contributed by atoms with E-state index in [1.807, 2.05) is 66.7 Å². The Morgan fingerprint density at radius 3 is 1.92 bits per heavy atom. The largest absolute Gasteiger partial charge is 0.480 e. The van der Waals surface area contributed by atoms with Crippen molar-refractivity contribution in [2.45, 2.75) is 75.5 Å². The van der Waals surface area contributed by atoms with Gasteiger partial charge in [0.2, 0.25) is 17.7 Å². The predicted molar refractivity (Wildman–Crippen MR) is 187 cm³/mol. The van der Waals surface area contributed by atoms with E-state index in [2.05, 4.69) is 10.6 Å². The highest BCUT2D eigenvalue weighted by Crippen LogP contribution is 2.20. The molecule has 49 heavy (non-hydrogen) atoms. The smallest absolute Gasteiger partial charge is 0.338 e. The van der Waals surface area contributed by atoms with Gasteiger partial charge in [0.05, 0.1) is 18.2 Å². The standard InChI is InChI=1S/C37H44N4O7.ClH/c38-29(20-11-13-23-48-37(47)28-18-8-3-9-19-28)33(42)39-30(24-26-14-4-1-5-15-26)34(43)40-31(25-27-16-6-2-7-17-27)35(44)41-22-12-10-21-32(41)36(45)46;/h1-9,14-19,29-32H,10-13,20-25,38H2,(H,39,42)(H,40,43)(H,45,46);1H/t29-,30-,31-,32+;/m0./s1. The zero-order chi connectivity index (χ0) is 34.3. The molecule has 4 rings (SSSR count). The number of carboxylic acids is 1. The Kier molecular flexibility index (Phi) is 15.7. The second-order valence-electron chi connectivity index (χ2n) is 12.0. The van der Waals surface area contributed by atoms with E-state index in [-0.39, 0.29) is 38.4 Å². The number of carboxylic acid groups (broad SMARTS) is 1. The molecule has 11 nitrogen and oxygen atoms in total. The van der Waals surface area contributed by atoms with Crippen LogP contribution in [0.5, 0.6) is 0 Å². The highest BCUT2D eigenvalue weighted by Gasteiger charge is 2.37. The Morgan fingerprint density at radius 1 is 0.776 bits per heavy atom. The van der Waals surface area contributed by atoms with E-state index in [4.69, 9.17) is 10.5 Å². The monoisotopic (exact) mass is 692 g/mol. The average Bonchev–Trinajstić information content (AvgIpc) is 3.11. The van der Waals surface area contributed by atoms with E-state index in [1.165, 1.54) is 4.90 Å². The van der Waals surface area contributed by atoms with E-state index in [0.29, 0.717) is 44.1 Å². The number of aliphatic carboxylic acids is 1. The van der Waals surface area contributed by atoms with Crippen molar-refractivity contribution in [3.05, 3.63) is 108 Å². The highest BCUT2D eigenvalue weighted by molar-refractivity contribution is 5.94.